The minimum absolute atomic E-state index is 0.0255. The lowest BCUT2D eigenvalue weighted by molar-refractivity contribution is 0.0932. The van der Waals surface area contributed by atoms with E-state index in [-0.39, 0.29) is 36.7 Å². The zero-order valence-electron chi connectivity index (χ0n) is 22.0. The van der Waals surface area contributed by atoms with Crippen molar-refractivity contribution in [2.45, 2.75) is 70.6 Å². The number of aromatic nitrogens is 2. The summed E-state index contributed by atoms with van der Waals surface area (Å²) in [4.78, 5) is 37.4. The van der Waals surface area contributed by atoms with Crippen LogP contribution in [0.3, 0.4) is 0 Å². The van der Waals surface area contributed by atoms with Crippen LogP contribution in [0.15, 0.2) is 54.9 Å². The molecule has 0 spiro atoms. The second kappa shape index (κ2) is 11.3. The molecule has 1 aliphatic heterocycles. The van der Waals surface area contributed by atoms with Gasteiger partial charge in [-0.05, 0) is 62.4 Å². The smallest absolute Gasteiger partial charge is 0.318 e. The summed E-state index contributed by atoms with van der Waals surface area (Å²) < 4.78 is 0. The summed E-state index contributed by atoms with van der Waals surface area (Å²) in [7, 11) is 0. The molecule has 0 saturated heterocycles. The molecule has 0 bridgehead atoms. The summed E-state index contributed by atoms with van der Waals surface area (Å²) in [5, 5.41) is 16.1. The number of hydrogen-bond acceptors (Lipinski definition) is 5. The Labute approximate surface area is 223 Å². The predicted molar refractivity (Wildman–Crippen MR) is 146 cm³/mol. The molecule has 0 radical (unpaired) electrons. The number of amides is 3. The first-order chi connectivity index (χ1) is 18.4. The van der Waals surface area contributed by atoms with E-state index in [0.717, 1.165) is 53.5 Å². The number of carbonyl (C=O) groups excluding carboxylic acids is 2. The van der Waals surface area contributed by atoms with Gasteiger partial charge >= 0.3 is 6.03 Å². The highest BCUT2D eigenvalue weighted by Gasteiger charge is 2.37. The first-order valence-corrected chi connectivity index (χ1v) is 13.5. The van der Waals surface area contributed by atoms with Crippen molar-refractivity contribution in [2.24, 2.45) is 0 Å². The molecule has 1 aromatic carbocycles. The van der Waals surface area contributed by atoms with Gasteiger partial charge < -0.3 is 20.6 Å². The summed E-state index contributed by atoms with van der Waals surface area (Å²) >= 11 is 0. The highest BCUT2D eigenvalue weighted by Crippen LogP contribution is 2.42. The number of carbonyl (C=O) groups is 2. The average Bonchev–Trinajstić information content (AvgIpc) is 3.56. The van der Waals surface area contributed by atoms with E-state index in [1.807, 2.05) is 62.5 Å². The quantitative estimate of drug-likeness (QED) is 0.419. The van der Waals surface area contributed by atoms with Gasteiger partial charge in [-0.25, -0.2) is 9.78 Å². The van der Waals surface area contributed by atoms with Crippen LogP contribution in [0.25, 0.3) is 22.4 Å². The van der Waals surface area contributed by atoms with Gasteiger partial charge in [-0.2, -0.15) is 0 Å². The van der Waals surface area contributed by atoms with Gasteiger partial charge in [0.1, 0.15) is 5.69 Å². The standard InChI is InChI=1S/C30H35N5O3/c1-19(2)32-30(38)35-18-23-16-25(29(37)33-24-10-3-4-11-24)34-28(27(23)26(35)12-14-36)21-8-5-7-20(15-21)22-9-6-13-31-17-22/h5-9,13,15-17,19,24,26,36H,3-4,10-12,14,18H2,1-2H3,(H,32,38)(H,33,37)/t26-/m1/s1. The topological polar surface area (TPSA) is 107 Å². The van der Waals surface area contributed by atoms with Crippen LogP contribution < -0.4 is 10.6 Å². The monoisotopic (exact) mass is 513 g/mol. The predicted octanol–water partition coefficient (Wildman–Crippen LogP) is 4.84. The third kappa shape index (κ3) is 5.41. The summed E-state index contributed by atoms with van der Waals surface area (Å²) in [6.07, 6.45) is 8.15. The van der Waals surface area contributed by atoms with E-state index in [9.17, 15) is 14.7 Å². The molecule has 3 heterocycles. The van der Waals surface area contributed by atoms with E-state index in [2.05, 4.69) is 15.6 Å². The molecule has 1 fully saturated rings. The molecule has 38 heavy (non-hydrogen) atoms. The van der Waals surface area contributed by atoms with E-state index >= 15 is 0 Å². The third-order valence-electron chi connectivity index (χ3n) is 7.32. The molecule has 2 aliphatic rings. The maximum Gasteiger partial charge on any atom is 0.318 e. The number of pyridine rings is 2. The van der Waals surface area contributed by atoms with Crippen molar-refractivity contribution in [3.63, 3.8) is 0 Å². The van der Waals surface area contributed by atoms with Crippen LogP contribution in [0.2, 0.25) is 0 Å². The number of benzene rings is 1. The Morgan fingerprint density at radius 3 is 2.55 bits per heavy atom. The van der Waals surface area contributed by atoms with Crippen LogP contribution in [-0.4, -0.2) is 50.6 Å². The van der Waals surface area contributed by atoms with E-state index in [1.165, 1.54) is 0 Å². The number of aliphatic hydroxyl groups excluding tert-OH is 1. The van der Waals surface area contributed by atoms with Gasteiger partial charge in [0.2, 0.25) is 0 Å². The zero-order valence-corrected chi connectivity index (χ0v) is 22.0. The average molecular weight is 514 g/mol. The Bertz CT molecular complexity index is 1300. The van der Waals surface area contributed by atoms with Crippen LogP contribution in [0.4, 0.5) is 4.79 Å². The fourth-order valence-corrected chi connectivity index (χ4v) is 5.57. The lowest BCUT2D eigenvalue weighted by Crippen LogP contribution is -2.42. The molecular weight excluding hydrogens is 478 g/mol. The summed E-state index contributed by atoms with van der Waals surface area (Å²) in [5.41, 5.74) is 5.61. The largest absolute Gasteiger partial charge is 0.396 e. The Hall–Kier alpha value is -3.78. The van der Waals surface area contributed by atoms with Gasteiger partial charge in [0.25, 0.3) is 5.91 Å². The maximum atomic E-state index is 13.3. The number of nitrogens with zero attached hydrogens (tertiary/aromatic N) is 3. The Balaban J connectivity index is 1.60. The number of hydrogen-bond donors (Lipinski definition) is 3. The van der Waals surface area contributed by atoms with Crippen molar-refractivity contribution >= 4 is 11.9 Å². The van der Waals surface area contributed by atoms with Crippen LogP contribution >= 0.6 is 0 Å². The Morgan fingerprint density at radius 2 is 1.84 bits per heavy atom. The molecule has 8 heteroatoms. The lowest BCUT2D eigenvalue weighted by atomic mass is 9.94. The van der Waals surface area contributed by atoms with Crippen molar-refractivity contribution in [1.82, 2.24) is 25.5 Å². The zero-order chi connectivity index (χ0) is 26.6. The molecular formula is C30H35N5O3. The molecule has 1 saturated carbocycles. The highest BCUT2D eigenvalue weighted by molar-refractivity contribution is 5.94. The second-order valence-corrected chi connectivity index (χ2v) is 10.5. The summed E-state index contributed by atoms with van der Waals surface area (Å²) in [6, 6.07) is 13.3. The minimum atomic E-state index is -0.356. The van der Waals surface area contributed by atoms with Gasteiger partial charge in [-0.3, -0.25) is 9.78 Å². The van der Waals surface area contributed by atoms with Crippen molar-refractivity contribution in [3.05, 3.63) is 71.7 Å². The van der Waals surface area contributed by atoms with Gasteiger partial charge in [-0.15, -0.1) is 0 Å². The molecule has 5 rings (SSSR count). The van der Waals surface area contributed by atoms with Crippen LogP contribution in [0.5, 0.6) is 0 Å². The van der Waals surface area contributed by atoms with Crippen LogP contribution in [0, 0.1) is 0 Å². The molecule has 3 aromatic rings. The molecule has 1 atom stereocenters. The fourth-order valence-electron chi connectivity index (χ4n) is 5.57. The summed E-state index contributed by atoms with van der Waals surface area (Å²) in [6.45, 7) is 4.11. The number of rotatable bonds is 7. The first kappa shape index (κ1) is 25.9. The van der Waals surface area contributed by atoms with Crippen molar-refractivity contribution in [1.29, 1.82) is 0 Å². The van der Waals surface area contributed by atoms with E-state index in [0.29, 0.717) is 24.4 Å². The van der Waals surface area contributed by atoms with E-state index in [1.54, 1.807) is 11.1 Å². The number of nitrogens with one attached hydrogen (secondary N) is 2. The second-order valence-electron chi connectivity index (χ2n) is 10.5. The minimum Gasteiger partial charge on any atom is -0.396 e. The van der Waals surface area contributed by atoms with Gasteiger partial charge in [0.15, 0.2) is 0 Å². The summed E-state index contributed by atoms with van der Waals surface area (Å²) in [5.74, 6) is -0.187. The van der Waals surface area contributed by atoms with Crippen molar-refractivity contribution < 1.29 is 14.7 Å². The van der Waals surface area contributed by atoms with Gasteiger partial charge in [-0.1, -0.05) is 37.1 Å². The van der Waals surface area contributed by atoms with Gasteiger partial charge in [0, 0.05) is 54.3 Å². The van der Waals surface area contributed by atoms with E-state index < -0.39 is 0 Å². The third-order valence-corrected chi connectivity index (χ3v) is 7.32. The van der Waals surface area contributed by atoms with Gasteiger partial charge in [0.05, 0.1) is 11.7 Å². The van der Waals surface area contributed by atoms with E-state index in [4.69, 9.17) is 4.98 Å². The number of urea groups is 1. The maximum absolute atomic E-state index is 13.3. The van der Waals surface area contributed by atoms with Crippen LogP contribution in [0.1, 0.15) is 73.6 Å². The molecule has 1 aliphatic carbocycles. The molecule has 3 amide bonds. The first-order valence-electron chi connectivity index (χ1n) is 13.5. The fraction of sp³-hybridized carbons (Fsp3) is 0.400. The molecule has 0 unspecified atom stereocenters. The van der Waals surface area contributed by atoms with Crippen molar-refractivity contribution in [2.75, 3.05) is 6.61 Å². The number of fused-ring (bicyclic) bond motifs is 1. The lowest BCUT2D eigenvalue weighted by Gasteiger charge is -2.26. The molecule has 2 aromatic heterocycles. The van der Waals surface area contributed by atoms with Crippen LogP contribution in [-0.2, 0) is 6.54 Å². The number of aliphatic hydroxyl groups is 1. The normalized spacial score (nSPS) is 17.1. The van der Waals surface area contributed by atoms with Crippen molar-refractivity contribution in [3.8, 4) is 22.4 Å². The molecule has 198 valence electrons. The molecule has 8 nitrogen and oxygen atoms in total. The highest BCUT2D eigenvalue weighted by atomic mass is 16.3. The molecule has 3 N–H and O–H groups in total. The Kier molecular flexibility index (Phi) is 7.69. The SMILES string of the molecule is CC(C)NC(=O)N1Cc2cc(C(=O)NC3CCCC3)nc(-c3cccc(-c4cccnc4)c3)c2[C@H]1CCO. The Morgan fingerprint density at radius 1 is 1.08 bits per heavy atom.